The first-order chi connectivity index (χ1) is 7.09. The number of primary amides is 1. The Morgan fingerprint density at radius 2 is 1.93 bits per heavy atom. The summed E-state index contributed by atoms with van der Waals surface area (Å²) in [6.07, 6.45) is 1.36. The van der Waals surface area contributed by atoms with Crippen molar-refractivity contribution in [3.8, 4) is 0 Å². The van der Waals surface area contributed by atoms with Crippen molar-refractivity contribution in [3.05, 3.63) is 35.4 Å². The van der Waals surface area contributed by atoms with Gasteiger partial charge in [-0.3, -0.25) is 0 Å². The van der Waals surface area contributed by atoms with Gasteiger partial charge in [0.2, 0.25) is 0 Å². The van der Waals surface area contributed by atoms with Crippen molar-refractivity contribution in [1.82, 2.24) is 5.43 Å². The van der Waals surface area contributed by atoms with Gasteiger partial charge >= 0.3 is 12.0 Å². The number of carboxylic acids is 1. The van der Waals surface area contributed by atoms with Crippen molar-refractivity contribution in [2.75, 3.05) is 0 Å². The number of carbonyl (C=O) groups excluding carboxylic acids is 1. The van der Waals surface area contributed by atoms with Crippen LogP contribution in [-0.2, 0) is 0 Å². The highest BCUT2D eigenvalue weighted by Gasteiger charge is 1.99. The lowest BCUT2D eigenvalue weighted by molar-refractivity contribution is 0.0697. The van der Waals surface area contributed by atoms with Gasteiger partial charge in [-0.25, -0.2) is 15.0 Å². The lowest BCUT2D eigenvalue weighted by Gasteiger charge is -1.95. The van der Waals surface area contributed by atoms with E-state index < -0.39 is 12.0 Å². The Balaban J connectivity index is 2.68. The van der Waals surface area contributed by atoms with Crippen LogP contribution in [0.4, 0.5) is 4.79 Å². The fourth-order valence-corrected chi connectivity index (χ4v) is 0.882. The zero-order chi connectivity index (χ0) is 11.3. The van der Waals surface area contributed by atoms with Crippen LogP contribution in [0.15, 0.2) is 29.4 Å². The highest BCUT2D eigenvalue weighted by molar-refractivity contribution is 5.89. The Morgan fingerprint density at radius 3 is 2.40 bits per heavy atom. The molecule has 0 unspecified atom stereocenters. The number of carboxylic acid groups (broad SMARTS) is 1. The zero-order valence-electron chi connectivity index (χ0n) is 7.68. The Hall–Kier alpha value is -2.37. The van der Waals surface area contributed by atoms with Gasteiger partial charge in [-0.1, -0.05) is 12.1 Å². The number of amides is 2. The maximum Gasteiger partial charge on any atom is 0.335 e. The minimum Gasteiger partial charge on any atom is -0.478 e. The number of hydrogen-bond donors (Lipinski definition) is 3. The van der Waals surface area contributed by atoms with Gasteiger partial charge in [0.25, 0.3) is 0 Å². The fraction of sp³-hybridized carbons (Fsp3) is 0. The second-order valence-electron chi connectivity index (χ2n) is 2.66. The standard InChI is InChI=1S/C9H9N3O3/c10-9(15)12-11-5-6-1-3-7(4-2-6)8(13)14/h1-5H,(H,13,14)(H3,10,12,15)/b11-5-. The molecule has 0 aromatic heterocycles. The molecule has 78 valence electrons. The number of benzene rings is 1. The van der Waals surface area contributed by atoms with E-state index >= 15 is 0 Å². The second kappa shape index (κ2) is 4.75. The third-order valence-corrected chi connectivity index (χ3v) is 1.55. The third-order valence-electron chi connectivity index (χ3n) is 1.55. The van der Waals surface area contributed by atoms with Crippen LogP contribution in [0.5, 0.6) is 0 Å². The minimum atomic E-state index is -0.992. The average Bonchev–Trinajstić information content (AvgIpc) is 2.18. The highest BCUT2D eigenvalue weighted by Crippen LogP contribution is 2.01. The van der Waals surface area contributed by atoms with Gasteiger partial charge in [0, 0.05) is 0 Å². The van der Waals surface area contributed by atoms with Crippen molar-refractivity contribution >= 4 is 18.2 Å². The lowest BCUT2D eigenvalue weighted by Crippen LogP contribution is -2.24. The van der Waals surface area contributed by atoms with E-state index in [0.717, 1.165) is 0 Å². The van der Waals surface area contributed by atoms with Gasteiger partial charge in [-0.05, 0) is 17.7 Å². The fourth-order valence-electron chi connectivity index (χ4n) is 0.882. The number of urea groups is 1. The van der Waals surface area contributed by atoms with Crippen LogP contribution in [-0.4, -0.2) is 23.3 Å². The molecule has 6 heteroatoms. The van der Waals surface area contributed by atoms with Gasteiger partial charge in [0.05, 0.1) is 11.8 Å². The van der Waals surface area contributed by atoms with E-state index in [1.54, 1.807) is 12.1 Å². The number of aromatic carboxylic acids is 1. The maximum absolute atomic E-state index is 10.5. The molecule has 0 bridgehead atoms. The molecule has 15 heavy (non-hydrogen) atoms. The maximum atomic E-state index is 10.5. The number of rotatable bonds is 3. The first-order valence-electron chi connectivity index (χ1n) is 4.01. The average molecular weight is 207 g/mol. The van der Waals surface area contributed by atoms with E-state index in [4.69, 9.17) is 10.8 Å². The second-order valence-corrected chi connectivity index (χ2v) is 2.66. The van der Waals surface area contributed by atoms with Crippen molar-refractivity contribution in [2.45, 2.75) is 0 Å². The van der Waals surface area contributed by atoms with Gasteiger partial charge in [-0.15, -0.1) is 0 Å². The van der Waals surface area contributed by atoms with Gasteiger partial charge in [0.15, 0.2) is 0 Å². The van der Waals surface area contributed by atoms with Gasteiger partial charge in [0.1, 0.15) is 0 Å². The largest absolute Gasteiger partial charge is 0.478 e. The molecule has 0 heterocycles. The summed E-state index contributed by atoms with van der Waals surface area (Å²) < 4.78 is 0. The first-order valence-corrected chi connectivity index (χ1v) is 4.01. The van der Waals surface area contributed by atoms with E-state index in [2.05, 4.69) is 5.10 Å². The van der Waals surface area contributed by atoms with Crippen molar-refractivity contribution < 1.29 is 14.7 Å². The van der Waals surface area contributed by atoms with Crippen LogP contribution in [0.2, 0.25) is 0 Å². The van der Waals surface area contributed by atoms with E-state index in [-0.39, 0.29) is 5.56 Å². The molecule has 1 aromatic carbocycles. The van der Waals surface area contributed by atoms with E-state index in [9.17, 15) is 9.59 Å². The van der Waals surface area contributed by atoms with Crippen molar-refractivity contribution in [2.24, 2.45) is 10.8 Å². The predicted octanol–water partition coefficient (Wildman–Crippen LogP) is 0.387. The molecule has 0 fully saturated rings. The van der Waals surface area contributed by atoms with E-state index in [1.807, 2.05) is 5.43 Å². The Kier molecular flexibility index (Phi) is 3.39. The molecule has 2 amide bonds. The van der Waals surface area contributed by atoms with E-state index in [0.29, 0.717) is 5.56 Å². The van der Waals surface area contributed by atoms with Gasteiger partial charge < -0.3 is 10.8 Å². The molecule has 6 nitrogen and oxygen atoms in total. The number of nitrogens with one attached hydrogen (secondary N) is 1. The summed E-state index contributed by atoms with van der Waals surface area (Å²) in [6.45, 7) is 0. The van der Waals surface area contributed by atoms with Crippen LogP contribution in [0.3, 0.4) is 0 Å². The molecule has 0 radical (unpaired) electrons. The Labute approximate surface area is 85.4 Å². The zero-order valence-corrected chi connectivity index (χ0v) is 7.68. The molecule has 0 aliphatic rings. The summed E-state index contributed by atoms with van der Waals surface area (Å²) in [5.41, 5.74) is 7.65. The van der Waals surface area contributed by atoms with E-state index in [1.165, 1.54) is 18.3 Å². The molecule has 0 saturated heterocycles. The summed E-state index contributed by atoms with van der Waals surface area (Å²) in [5.74, 6) is -0.992. The number of hydrogen-bond acceptors (Lipinski definition) is 3. The highest BCUT2D eigenvalue weighted by atomic mass is 16.4. The number of nitrogens with two attached hydrogens (primary N) is 1. The van der Waals surface area contributed by atoms with Crippen LogP contribution < -0.4 is 11.2 Å². The molecular weight excluding hydrogens is 198 g/mol. The molecule has 1 rings (SSSR count). The first kappa shape index (κ1) is 10.7. The number of hydrazone groups is 1. The lowest BCUT2D eigenvalue weighted by atomic mass is 10.1. The third kappa shape index (κ3) is 3.47. The summed E-state index contributed by atoms with van der Waals surface area (Å²) >= 11 is 0. The number of carbonyl (C=O) groups is 2. The molecule has 0 aliphatic heterocycles. The molecule has 0 saturated carbocycles. The summed E-state index contributed by atoms with van der Waals surface area (Å²) in [7, 11) is 0. The Bertz CT molecular complexity index is 398. The molecule has 0 atom stereocenters. The molecular formula is C9H9N3O3. The predicted molar refractivity (Wildman–Crippen MR) is 53.7 cm³/mol. The Morgan fingerprint density at radius 1 is 1.33 bits per heavy atom. The van der Waals surface area contributed by atoms with Crippen molar-refractivity contribution in [1.29, 1.82) is 0 Å². The summed E-state index contributed by atoms with van der Waals surface area (Å²) in [4.78, 5) is 20.8. The summed E-state index contributed by atoms with van der Waals surface area (Å²) in [6, 6.07) is 5.25. The van der Waals surface area contributed by atoms with Crippen molar-refractivity contribution in [3.63, 3.8) is 0 Å². The van der Waals surface area contributed by atoms with Gasteiger partial charge in [-0.2, -0.15) is 5.10 Å². The topological polar surface area (TPSA) is 105 Å². The SMILES string of the molecule is NC(=O)N/N=C\c1ccc(C(=O)O)cc1. The summed E-state index contributed by atoms with van der Waals surface area (Å²) in [5, 5.41) is 12.1. The molecule has 0 spiro atoms. The smallest absolute Gasteiger partial charge is 0.335 e. The van der Waals surface area contributed by atoms with Crippen LogP contribution in [0.1, 0.15) is 15.9 Å². The monoisotopic (exact) mass is 207 g/mol. The quantitative estimate of drug-likeness (QED) is 0.493. The molecule has 1 aromatic rings. The molecule has 0 aliphatic carbocycles. The van der Waals surface area contributed by atoms with Crippen LogP contribution in [0, 0.1) is 0 Å². The normalized spacial score (nSPS) is 10.1. The number of nitrogens with zero attached hydrogens (tertiary/aromatic N) is 1. The molecule has 4 N–H and O–H groups in total. The van der Waals surface area contributed by atoms with Crippen LogP contribution >= 0.6 is 0 Å². The van der Waals surface area contributed by atoms with Crippen LogP contribution in [0.25, 0.3) is 0 Å². The minimum absolute atomic E-state index is 0.190.